The van der Waals surface area contributed by atoms with Crippen LogP contribution in [0, 0.1) is 6.92 Å². The van der Waals surface area contributed by atoms with E-state index >= 15 is 0 Å². The Balaban J connectivity index is 1.43. The molecule has 0 aliphatic rings. The number of aromatic nitrogens is 6. The van der Waals surface area contributed by atoms with E-state index in [0.717, 1.165) is 53.5 Å². The lowest BCUT2D eigenvalue weighted by Crippen LogP contribution is -2.21. The minimum Gasteiger partial charge on any atom is -0.273 e. The molecule has 3 aromatic heterocycles. The van der Waals surface area contributed by atoms with Crippen molar-refractivity contribution in [3.8, 4) is 5.69 Å². The highest BCUT2D eigenvalue weighted by molar-refractivity contribution is 7.99. The van der Waals surface area contributed by atoms with Gasteiger partial charge in [-0.3, -0.25) is 13.9 Å². The summed E-state index contributed by atoms with van der Waals surface area (Å²) in [6, 6.07) is 17.5. The van der Waals surface area contributed by atoms with Crippen LogP contribution in [0.5, 0.6) is 0 Å². The molecule has 5 aromatic rings. The Hall–Kier alpha value is -3.39. The summed E-state index contributed by atoms with van der Waals surface area (Å²) in [6.07, 6.45) is 7.11. The number of benzene rings is 2. The molecule has 7 nitrogen and oxygen atoms in total. The Morgan fingerprint density at radius 2 is 1.78 bits per heavy atom. The summed E-state index contributed by atoms with van der Waals surface area (Å²) in [5, 5.41) is 14.6. The lowest BCUT2D eigenvalue weighted by molar-refractivity contribution is 0.554. The number of fused-ring (bicyclic) bond motifs is 3. The molecular weight excluding hydrogens is 420 g/mol. The van der Waals surface area contributed by atoms with Crippen LogP contribution in [0.15, 0.2) is 76.9 Å². The SMILES string of the molecule is Cc1ccc(-n2c(=O)c3ccccc3n3c(SCCCCCn4cccn4)nnc23)cc1. The van der Waals surface area contributed by atoms with Crippen LogP contribution < -0.4 is 5.56 Å². The quantitative estimate of drug-likeness (QED) is 0.260. The second kappa shape index (κ2) is 9.00. The molecule has 0 saturated carbocycles. The molecular formula is C24H24N6OS. The van der Waals surface area contributed by atoms with Gasteiger partial charge in [0.2, 0.25) is 5.78 Å². The van der Waals surface area contributed by atoms with Crippen molar-refractivity contribution < 1.29 is 0 Å². The van der Waals surface area contributed by atoms with E-state index in [4.69, 9.17) is 0 Å². The van der Waals surface area contributed by atoms with Crippen LogP contribution >= 0.6 is 11.8 Å². The molecule has 32 heavy (non-hydrogen) atoms. The summed E-state index contributed by atoms with van der Waals surface area (Å²) in [5.41, 5.74) is 2.68. The van der Waals surface area contributed by atoms with Crippen molar-refractivity contribution >= 4 is 28.4 Å². The zero-order valence-electron chi connectivity index (χ0n) is 17.9. The number of thioether (sulfide) groups is 1. The number of para-hydroxylation sites is 1. The Labute approximate surface area is 189 Å². The Kier molecular flexibility index (Phi) is 5.77. The van der Waals surface area contributed by atoms with Crippen LogP contribution in [0.2, 0.25) is 0 Å². The van der Waals surface area contributed by atoms with E-state index in [1.165, 1.54) is 0 Å². The fourth-order valence-electron chi connectivity index (χ4n) is 3.85. The lowest BCUT2D eigenvalue weighted by atomic mass is 10.2. The molecule has 0 saturated heterocycles. The van der Waals surface area contributed by atoms with Gasteiger partial charge in [0, 0.05) is 24.7 Å². The van der Waals surface area contributed by atoms with E-state index in [2.05, 4.69) is 15.3 Å². The zero-order valence-corrected chi connectivity index (χ0v) is 18.7. The fraction of sp³-hybridized carbons (Fsp3) is 0.250. The van der Waals surface area contributed by atoms with Crippen LogP contribution in [0.25, 0.3) is 22.4 Å². The first-order chi connectivity index (χ1) is 15.7. The normalized spacial score (nSPS) is 11.5. The largest absolute Gasteiger partial charge is 0.273 e. The summed E-state index contributed by atoms with van der Waals surface area (Å²) < 4.78 is 5.63. The molecule has 0 amide bonds. The van der Waals surface area contributed by atoms with Gasteiger partial charge in [-0.15, -0.1) is 10.2 Å². The van der Waals surface area contributed by atoms with E-state index in [0.29, 0.717) is 11.2 Å². The first kappa shape index (κ1) is 20.5. The lowest BCUT2D eigenvalue weighted by Gasteiger charge is -2.11. The van der Waals surface area contributed by atoms with E-state index in [1.54, 1.807) is 16.3 Å². The van der Waals surface area contributed by atoms with Gasteiger partial charge in [-0.25, -0.2) is 4.57 Å². The van der Waals surface area contributed by atoms with Gasteiger partial charge in [0.25, 0.3) is 5.56 Å². The third-order valence-electron chi connectivity index (χ3n) is 5.51. The van der Waals surface area contributed by atoms with Crippen molar-refractivity contribution in [1.29, 1.82) is 0 Å². The molecule has 162 valence electrons. The molecule has 0 fully saturated rings. The van der Waals surface area contributed by atoms with Gasteiger partial charge in [0.15, 0.2) is 5.16 Å². The molecule has 0 radical (unpaired) electrons. The summed E-state index contributed by atoms with van der Waals surface area (Å²) in [7, 11) is 0. The molecule has 0 spiro atoms. The van der Waals surface area contributed by atoms with Crippen molar-refractivity contribution in [2.75, 3.05) is 5.75 Å². The van der Waals surface area contributed by atoms with Gasteiger partial charge in [-0.1, -0.05) is 48.0 Å². The molecule has 0 aliphatic heterocycles. The maximum absolute atomic E-state index is 13.3. The van der Waals surface area contributed by atoms with Gasteiger partial charge in [-0.2, -0.15) is 5.10 Å². The van der Waals surface area contributed by atoms with E-state index in [1.807, 2.05) is 83.0 Å². The smallest absolute Gasteiger partial charge is 0.267 e. The molecule has 0 aliphatic carbocycles. The Morgan fingerprint density at radius 1 is 0.938 bits per heavy atom. The first-order valence-electron chi connectivity index (χ1n) is 10.8. The maximum atomic E-state index is 13.3. The van der Waals surface area contributed by atoms with Crippen molar-refractivity contribution in [2.45, 2.75) is 37.9 Å². The monoisotopic (exact) mass is 444 g/mol. The Bertz CT molecular complexity index is 1400. The Morgan fingerprint density at radius 3 is 2.59 bits per heavy atom. The van der Waals surface area contributed by atoms with Crippen LogP contribution in [-0.4, -0.2) is 34.7 Å². The summed E-state index contributed by atoms with van der Waals surface area (Å²) in [4.78, 5) is 13.3. The highest BCUT2D eigenvalue weighted by Crippen LogP contribution is 2.24. The van der Waals surface area contributed by atoms with Gasteiger partial charge in [0.1, 0.15) is 0 Å². The molecule has 2 aromatic carbocycles. The third kappa shape index (κ3) is 3.93. The maximum Gasteiger partial charge on any atom is 0.267 e. The van der Waals surface area contributed by atoms with E-state index in [9.17, 15) is 4.79 Å². The predicted octanol–water partition coefficient (Wildman–Crippen LogP) is 4.50. The topological polar surface area (TPSA) is 70.0 Å². The molecule has 5 rings (SSSR count). The summed E-state index contributed by atoms with van der Waals surface area (Å²) in [5.74, 6) is 1.48. The van der Waals surface area contributed by atoms with Crippen LogP contribution in [0.1, 0.15) is 24.8 Å². The standard InChI is InChI=1S/C24H24N6OS/c1-18-10-12-19(13-11-18)29-22(31)20-8-3-4-9-21(20)30-23(29)26-27-24(30)32-17-6-2-5-15-28-16-7-14-25-28/h3-4,7-14,16H,2,5-6,15,17H2,1H3. The number of unbranched alkanes of at least 4 members (excludes halogenated alkanes) is 2. The highest BCUT2D eigenvalue weighted by Gasteiger charge is 2.17. The van der Waals surface area contributed by atoms with Crippen LogP contribution in [0.3, 0.4) is 0 Å². The molecule has 3 heterocycles. The van der Waals surface area contributed by atoms with Gasteiger partial charge >= 0.3 is 0 Å². The molecule has 0 unspecified atom stereocenters. The number of rotatable bonds is 8. The van der Waals surface area contributed by atoms with Crippen molar-refractivity contribution in [3.63, 3.8) is 0 Å². The summed E-state index contributed by atoms with van der Waals surface area (Å²) >= 11 is 1.68. The molecule has 0 atom stereocenters. The first-order valence-corrected chi connectivity index (χ1v) is 11.8. The zero-order chi connectivity index (χ0) is 21.9. The van der Waals surface area contributed by atoms with Crippen molar-refractivity contribution in [2.24, 2.45) is 0 Å². The average molecular weight is 445 g/mol. The summed E-state index contributed by atoms with van der Waals surface area (Å²) in [6.45, 7) is 2.97. The minimum absolute atomic E-state index is 0.0838. The van der Waals surface area contributed by atoms with E-state index < -0.39 is 0 Å². The predicted molar refractivity (Wildman–Crippen MR) is 128 cm³/mol. The molecule has 8 heteroatoms. The van der Waals surface area contributed by atoms with Crippen LogP contribution in [-0.2, 0) is 6.54 Å². The number of aryl methyl sites for hydroxylation is 2. The fourth-order valence-corrected chi connectivity index (χ4v) is 4.79. The molecule has 0 bridgehead atoms. The number of hydrogen-bond acceptors (Lipinski definition) is 5. The van der Waals surface area contributed by atoms with Crippen LogP contribution in [0.4, 0.5) is 0 Å². The number of hydrogen-bond donors (Lipinski definition) is 0. The second-order valence-electron chi connectivity index (χ2n) is 7.79. The van der Waals surface area contributed by atoms with Gasteiger partial charge < -0.3 is 0 Å². The minimum atomic E-state index is -0.0838. The molecule has 0 N–H and O–H groups in total. The van der Waals surface area contributed by atoms with Gasteiger partial charge in [-0.05, 0) is 50.1 Å². The highest BCUT2D eigenvalue weighted by atomic mass is 32.2. The second-order valence-corrected chi connectivity index (χ2v) is 8.85. The number of nitrogens with zero attached hydrogens (tertiary/aromatic N) is 6. The van der Waals surface area contributed by atoms with Crippen molar-refractivity contribution in [3.05, 3.63) is 82.9 Å². The average Bonchev–Trinajstić information content (AvgIpc) is 3.48. The third-order valence-corrected chi connectivity index (χ3v) is 6.52. The van der Waals surface area contributed by atoms with Gasteiger partial charge in [0.05, 0.1) is 16.6 Å². The van der Waals surface area contributed by atoms with Crippen molar-refractivity contribution in [1.82, 2.24) is 28.9 Å². The van der Waals surface area contributed by atoms with E-state index in [-0.39, 0.29) is 5.56 Å².